The van der Waals surface area contributed by atoms with Gasteiger partial charge in [-0.25, -0.2) is 0 Å². The van der Waals surface area contributed by atoms with Crippen LogP contribution in [0.5, 0.6) is 0 Å². The molecule has 2 unspecified atom stereocenters. The second-order valence-electron chi connectivity index (χ2n) is 2.71. The predicted octanol–water partition coefficient (Wildman–Crippen LogP) is 0.836. The van der Waals surface area contributed by atoms with E-state index in [-0.39, 0.29) is 17.3 Å². The van der Waals surface area contributed by atoms with Crippen LogP contribution in [-0.2, 0) is 9.53 Å². The molecule has 4 heteroatoms. The lowest BCUT2D eigenvalue weighted by molar-refractivity contribution is -0.146. The SMILES string of the molecule is CC1=NC2CCOC(=O)C2S1. The van der Waals surface area contributed by atoms with Crippen LogP contribution in [0.25, 0.3) is 0 Å². The number of aliphatic imine (C=N–C) groups is 1. The van der Waals surface area contributed by atoms with Crippen molar-refractivity contribution in [3.8, 4) is 0 Å². The van der Waals surface area contributed by atoms with Gasteiger partial charge in [0.25, 0.3) is 0 Å². The third-order valence-electron chi connectivity index (χ3n) is 1.88. The molecule has 2 aliphatic rings. The van der Waals surface area contributed by atoms with Crippen molar-refractivity contribution in [3.63, 3.8) is 0 Å². The summed E-state index contributed by atoms with van der Waals surface area (Å²) in [7, 11) is 0. The second-order valence-corrected chi connectivity index (χ2v) is 4.04. The maximum absolute atomic E-state index is 11.1. The zero-order chi connectivity index (χ0) is 7.84. The highest BCUT2D eigenvalue weighted by Crippen LogP contribution is 2.32. The molecule has 0 saturated carbocycles. The first kappa shape index (κ1) is 7.16. The lowest BCUT2D eigenvalue weighted by Crippen LogP contribution is -2.35. The largest absolute Gasteiger partial charge is 0.465 e. The normalized spacial score (nSPS) is 36.1. The van der Waals surface area contributed by atoms with E-state index < -0.39 is 0 Å². The van der Waals surface area contributed by atoms with E-state index in [0.29, 0.717) is 6.61 Å². The quantitative estimate of drug-likeness (QED) is 0.507. The zero-order valence-corrected chi connectivity index (χ0v) is 7.06. The van der Waals surface area contributed by atoms with Crippen molar-refractivity contribution in [2.45, 2.75) is 24.6 Å². The Kier molecular flexibility index (Phi) is 1.64. The van der Waals surface area contributed by atoms with Gasteiger partial charge < -0.3 is 4.74 Å². The number of ether oxygens (including phenoxy) is 1. The highest BCUT2D eigenvalue weighted by atomic mass is 32.2. The molecule has 2 atom stereocenters. The van der Waals surface area contributed by atoms with E-state index in [0.717, 1.165) is 11.5 Å². The van der Waals surface area contributed by atoms with Crippen LogP contribution in [0.3, 0.4) is 0 Å². The average Bonchev–Trinajstić information content (AvgIpc) is 2.31. The Morgan fingerprint density at radius 1 is 1.73 bits per heavy atom. The fraction of sp³-hybridized carbons (Fsp3) is 0.714. The Labute approximate surface area is 69.2 Å². The summed E-state index contributed by atoms with van der Waals surface area (Å²) in [4.78, 5) is 15.4. The Bertz CT molecular complexity index is 226. The number of fused-ring (bicyclic) bond motifs is 1. The smallest absolute Gasteiger partial charge is 0.321 e. The van der Waals surface area contributed by atoms with E-state index in [1.54, 1.807) is 0 Å². The number of esters is 1. The molecule has 3 nitrogen and oxygen atoms in total. The first-order chi connectivity index (χ1) is 5.27. The van der Waals surface area contributed by atoms with Crippen molar-refractivity contribution < 1.29 is 9.53 Å². The van der Waals surface area contributed by atoms with Gasteiger partial charge in [0.1, 0.15) is 5.25 Å². The molecule has 2 rings (SSSR count). The molecule has 0 aromatic heterocycles. The van der Waals surface area contributed by atoms with Gasteiger partial charge in [-0.1, -0.05) is 11.8 Å². The summed E-state index contributed by atoms with van der Waals surface area (Å²) in [6.07, 6.45) is 0.890. The van der Waals surface area contributed by atoms with Crippen molar-refractivity contribution >= 4 is 22.8 Å². The Morgan fingerprint density at radius 3 is 3.27 bits per heavy atom. The molecule has 60 valence electrons. The minimum absolute atomic E-state index is 0.0382. The van der Waals surface area contributed by atoms with Crippen LogP contribution in [0.2, 0.25) is 0 Å². The van der Waals surface area contributed by atoms with Gasteiger partial charge in [0.2, 0.25) is 0 Å². The summed E-state index contributed by atoms with van der Waals surface area (Å²) in [5.74, 6) is -0.0909. The lowest BCUT2D eigenvalue weighted by atomic mass is 10.1. The fourth-order valence-electron chi connectivity index (χ4n) is 1.38. The first-order valence-corrected chi connectivity index (χ1v) is 4.53. The molecule has 0 bridgehead atoms. The van der Waals surface area contributed by atoms with Crippen molar-refractivity contribution in [2.75, 3.05) is 6.61 Å². The maximum Gasteiger partial charge on any atom is 0.321 e. The number of cyclic esters (lactones) is 1. The number of carbonyl (C=O) groups is 1. The van der Waals surface area contributed by atoms with Crippen LogP contribution < -0.4 is 0 Å². The third-order valence-corrected chi connectivity index (χ3v) is 3.09. The number of rotatable bonds is 0. The van der Waals surface area contributed by atoms with E-state index in [1.807, 2.05) is 6.92 Å². The number of thioether (sulfide) groups is 1. The number of nitrogens with zero attached hydrogens (tertiary/aromatic N) is 1. The molecule has 0 N–H and O–H groups in total. The molecule has 0 aromatic carbocycles. The fourth-order valence-corrected chi connectivity index (χ4v) is 2.46. The minimum Gasteiger partial charge on any atom is -0.465 e. The molecule has 2 aliphatic heterocycles. The van der Waals surface area contributed by atoms with Gasteiger partial charge in [0, 0.05) is 6.42 Å². The summed E-state index contributed by atoms with van der Waals surface area (Å²) in [5, 5.41) is 0.975. The summed E-state index contributed by atoms with van der Waals surface area (Å²) in [6, 6.07) is 0.196. The third kappa shape index (κ3) is 1.15. The summed E-state index contributed by atoms with van der Waals surface area (Å²) < 4.78 is 4.91. The molecule has 0 aliphatic carbocycles. The average molecular weight is 171 g/mol. The molecule has 2 heterocycles. The summed E-state index contributed by atoms with van der Waals surface area (Å²) in [6.45, 7) is 2.48. The van der Waals surface area contributed by atoms with Gasteiger partial charge in [-0.05, 0) is 6.92 Å². The van der Waals surface area contributed by atoms with Crippen molar-refractivity contribution in [1.29, 1.82) is 0 Å². The highest BCUT2D eigenvalue weighted by Gasteiger charge is 2.38. The summed E-state index contributed by atoms with van der Waals surface area (Å²) >= 11 is 1.53. The maximum atomic E-state index is 11.1. The van der Waals surface area contributed by atoms with Crippen molar-refractivity contribution in [2.24, 2.45) is 4.99 Å². The van der Waals surface area contributed by atoms with Crippen LogP contribution >= 0.6 is 11.8 Å². The second kappa shape index (κ2) is 2.52. The predicted molar refractivity (Wildman–Crippen MR) is 43.9 cm³/mol. The topological polar surface area (TPSA) is 38.7 Å². The molecular formula is C7H9NO2S. The summed E-state index contributed by atoms with van der Waals surface area (Å²) in [5.41, 5.74) is 0. The van der Waals surface area contributed by atoms with E-state index in [4.69, 9.17) is 4.74 Å². The van der Waals surface area contributed by atoms with E-state index in [1.165, 1.54) is 11.8 Å². The van der Waals surface area contributed by atoms with Gasteiger partial charge >= 0.3 is 5.97 Å². The first-order valence-electron chi connectivity index (χ1n) is 3.65. The molecule has 11 heavy (non-hydrogen) atoms. The Hall–Kier alpha value is -0.510. The zero-order valence-electron chi connectivity index (χ0n) is 6.24. The van der Waals surface area contributed by atoms with Crippen LogP contribution in [0, 0.1) is 0 Å². The van der Waals surface area contributed by atoms with Gasteiger partial charge in [-0.15, -0.1) is 0 Å². The van der Waals surface area contributed by atoms with E-state index in [2.05, 4.69) is 4.99 Å². The molecule has 1 fully saturated rings. The Morgan fingerprint density at radius 2 is 2.55 bits per heavy atom. The van der Waals surface area contributed by atoms with Gasteiger partial charge in [-0.2, -0.15) is 0 Å². The Balaban J connectivity index is 2.16. The molecule has 0 aromatic rings. The van der Waals surface area contributed by atoms with Crippen LogP contribution in [0.4, 0.5) is 0 Å². The van der Waals surface area contributed by atoms with Crippen molar-refractivity contribution in [3.05, 3.63) is 0 Å². The van der Waals surface area contributed by atoms with Crippen LogP contribution in [-0.4, -0.2) is 28.9 Å². The number of hydrogen-bond donors (Lipinski definition) is 0. The van der Waals surface area contributed by atoms with Gasteiger partial charge in [0.15, 0.2) is 0 Å². The number of carbonyl (C=O) groups excluding carboxylic acids is 1. The highest BCUT2D eigenvalue weighted by molar-refractivity contribution is 8.15. The van der Waals surface area contributed by atoms with Gasteiger partial charge in [0.05, 0.1) is 17.7 Å². The standard InChI is InChI=1S/C7H9NO2S/c1-4-8-5-2-3-10-7(9)6(5)11-4/h5-6H,2-3H2,1H3. The van der Waals surface area contributed by atoms with E-state index in [9.17, 15) is 4.79 Å². The van der Waals surface area contributed by atoms with Crippen LogP contribution in [0.15, 0.2) is 4.99 Å². The van der Waals surface area contributed by atoms with Crippen molar-refractivity contribution in [1.82, 2.24) is 0 Å². The monoisotopic (exact) mass is 171 g/mol. The molecule has 0 spiro atoms. The minimum atomic E-state index is -0.0909. The number of hydrogen-bond acceptors (Lipinski definition) is 4. The van der Waals surface area contributed by atoms with Gasteiger partial charge in [-0.3, -0.25) is 9.79 Å². The van der Waals surface area contributed by atoms with E-state index >= 15 is 0 Å². The lowest BCUT2D eigenvalue weighted by Gasteiger charge is -2.21. The molecular weight excluding hydrogens is 162 g/mol. The molecule has 0 radical (unpaired) electrons. The molecule has 0 amide bonds. The van der Waals surface area contributed by atoms with Crippen LogP contribution in [0.1, 0.15) is 13.3 Å². The molecule has 1 saturated heterocycles.